The van der Waals surface area contributed by atoms with Crippen LogP contribution >= 0.6 is 0 Å². The van der Waals surface area contributed by atoms with E-state index in [1.807, 2.05) is 362 Å². The second kappa shape index (κ2) is 75.9. The van der Waals surface area contributed by atoms with Gasteiger partial charge in [0.25, 0.3) is 11.5 Å². The summed E-state index contributed by atoms with van der Waals surface area (Å²) in [6.45, 7) is 63.6. The van der Waals surface area contributed by atoms with Crippen LogP contribution in [-0.2, 0) is 42.9 Å². The van der Waals surface area contributed by atoms with Gasteiger partial charge in [0.2, 0.25) is 5.91 Å². The van der Waals surface area contributed by atoms with E-state index in [0.29, 0.717) is 17.5 Å². The number of imidazole rings is 2. The van der Waals surface area contributed by atoms with E-state index in [1.54, 1.807) is 41.9 Å². The van der Waals surface area contributed by atoms with Gasteiger partial charge in [0.1, 0.15) is 11.0 Å². The summed E-state index contributed by atoms with van der Waals surface area (Å²) in [5.74, 6) is 0.188. The van der Waals surface area contributed by atoms with E-state index in [0.717, 1.165) is 57.8 Å². The van der Waals surface area contributed by atoms with Crippen molar-refractivity contribution in [3.05, 3.63) is 341 Å². The number of hydrogen-bond acceptors (Lipinski definition) is 13. The normalized spacial score (nSPS) is 11.7. The first kappa shape index (κ1) is 122. The number of aryl methyl sites for hydroxylation is 12. The minimum absolute atomic E-state index is 0.0573. The summed E-state index contributed by atoms with van der Waals surface area (Å²) in [7, 11) is 5.82. The number of nitrogens with one attached hydrogen (secondary N) is 2. The summed E-state index contributed by atoms with van der Waals surface area (Å²) < 4.78 is 10.2. The van der Waals surface area contributed by atoms with Crippen molar-refractivity contribution in [3.63, 3.8) is 0 Å². The second-order valence-electron chi connectivity index (χ2n) is 27.8. The zero-order valence-corrected chi connectivity index (χ0v) is 87.6. The molecule has 5 aliphatic rings. The lowest BCUT2D eigenvalue weighted by Crippen LogP contribution is -2.44. The number of hydrazine groups is 1. The molecule has 2 amide bonds. The van der Waals surface area contributed by atoms with Gasteiger partial charge in [-0.3, -0.25) is 39.4 Å². The van der Waals surface area contributed by atoms with Crippen molar-refractivity contribution in [1.29, 1.82) is 0 Å². The Kier molecular flexibility index (Phi) is 69.8. The third kappa shape index (κ3) is 45.3. The van der Waals surface area contributed by atoms with E-state index in [4.69, 9.17) is 4.42 Å². The maximum Gasteiger partial charge on any atom is 0.271 e. The van der Waals surface area contributed by atoms with Crippen LogP contribution in [0.15, 0.2) is 284 Å². The molecule has 0 bridgehead atoms. The van der Waals surface area contributed by atoms with Gasteiger partial charge < -0.3 is 28.2 Å². The molecule has 133 heavy (non-hydrogen) atoms. The Morgan fingerprint density at radius 1 is 0.414 bits per heavy atom. The van der Waals surface area contributed by atoms with Crippen molar-refractivity contribution in [3.8, 4) is 0 Å². The predicted octanol–water partition coefficient (Wildman–Crippen LogP) is 29.9. The Bertz CT molecular complexity index is 5410. The fraction of sp³-hybridized carbons (Fsp3) is 0.386. The first-order valence-corrected chi connectivity index (χ1v) is 48.6. The molecule has 0 spiro atoms. The summed E-state index contributed by atoms with van der Waals surface area (Å²) in [5.41, 5.74) is 20.5. The van der Waals surface area contributed by atoms with Crippen molar-refractivity contribution < 1.29 is 14.0 Å². The molecule has 0 saturated carbocycles. The molecule has 19 nitrogen and oxygen atoms in total. The average molecular weight is 1810 g/mol. The molecule has 1 saturated heterocycles. The molecule has 13 heterocycles. The van der Waals surface area contributed by atoms with Gasteiger partial charge in [-0.1, -0.05) is 284 Å². The monoisotopic (exact) mass is 1810 g/mol. The number of amides is 2. The highest BCUT2D eigenvalue weighted by molar-refractivity contribution is 5.94. The van der Waals surface area contributed by atoms with Crippen LogP contribution < -0.4 is 10.9 Å². The zero-order chi connectivity index (χ0) is 100. The summed E-state index contributed by atoms with van der Waals surface area (Å²) in [6, 6.07) is 61.9. The number of hydrogen-bond donors (Lipinski definition) is 2. The number of benzene rings is 6. The van der Waals surface area contributed by atoms with Crippen LogP contribution in [0.4, 0.5) is 5.69 Å². The SMILES string of the molecule is CC.CC.CC.CC.CC.CC.CC.CC.CC.CC.CC.CC1=CCN2C=CC=CN2C1=O.CN1CCCC1.Cc1cc2ccccc2cn1.Cc1ccc2c(c1)CCC(=O)N2.Cc1ccc2c(c1)CCCC2.Cc1ccc2ccccc2n1.Cc1ccc2ncccc2c1.Cc1ccoc1.Cc1cnc2ccccn12.Cn1cnc2[nH]ncc2c1=O.Cn1cnc2ccccc21. The lowest BCUT2D eigenvalue weighted by atomic mass is 9.91. The number of carbonyl (C=O) groups excluding carboxylic acids is 2. The fourth-order valence-corrected chi connectivity index (χ4v) is 12.5. The molecule has 19 heteroatoms. The number of anilines is 1. The van der Waals surface area contributed by atoms with E-state index in [-0.39, 0.29) is 17.4 Å². The Hall–Kier alpha value is -12.7. The second-order valence-corrected chi connectivity index (χ2v) is 27.8. The van der Waals surface area contributed by atoms with Crippen molar-refractivity contribution in [2.45, 2.75) is 259 Å². The topological polar surface area (TPSA) is 206 Å². The number of allylic oxidation sites excluding steroid dienone is 2. The third-order valence-electron chi connectivity index (χ3n) is 18.7. The molecule has 6 aromatic carbocycles. The molecule has 9 aromatic heterocycles. The summed E-state index contributed by atoms with van der Waals surface area (Å²) >= 11 is 0. The number of aromatic nitrogens is 11. The van der Waals surface area contributed by atoms with E-state index in [1.165, 1.54) is 129 Å². The van der Waals surface area contributed by atoms with Gasteiger partial charge in [-0.2, -0.15) is 5.10 Å². The highest BCUT2D eigenvalue weighted by Gasteiger charge is 2.23. The van der Waals surface area contributed by atoms with Crippen LogP contribution in [0.5, 0.6) is 0 Å². The maximum absolute atomic E-state index is 11.5. The molecule has 722 valence electrons. The summed E-state index contributed by atoms with van der Waals surface area (Å²) in [5, 5.41) is 18.1. The van der Waals surface area contributed by atoms with Crippen LogP contribution in [0.2, 0.25) is 0 Å². The van der Waals surface area contributed by atoms with Crippen molar-refractivity contribution >= 4 is 77.8 Å². The smallest absolute Gasteiger partial charge is 0.271 e. The van der Waals surface area contributed by atoms with Gasteiger partial charge in [-0.25, -0.2) is 20.0 Å². The lowest BCUT2D eigenvalue weighted by molar-refractivity contribution is -0.135. The van der Waals surface area contributed by atoms with E-state index in [9.17, 15) is 14.4 Å². The number of pyridine rings is 4. The Morgan fingerprint density at radius 3 is 1.60 bits per heavy atom. The highest BCUT2D eigenvalue weighted by Crippen LogP contribution is 2.25. The van der Waals surface area contributed by atoms with E-state index < -0.39 is 0 Å². The summed E-state index contributed by atoms with van der Waals surface area (Å²) in [6.07, 6.45) is 34.8. The first-order valence-electron chi connectivity index (χ1n) is 48.6. The fourth-order valence-electron chi connectivity index (χ4n) is 12.5. The number of rotatable bonds is 0. The Morgan fingerprint density at radius 2 is 0.985 bits per heavy atom. The minimum Gasteiger partial charge on any atom is -0.472 e. The van der Waals surface area contributed by atoms with Gasteiger partial charge in [-0.15, -0.1) is 0 Å². The number of nitrogens with zero attached hydrogens (tertiary/aromatic N) is 13. The molecular weight excluding hydrogens is 1640 g/mol. The number of carbonyl (C=O) groups is 2. The Balaban J connectivity index is 0. The molecule has 0 atom stereocenters. The van der Waals surface area contributed by atoms with Gasteiger partial charge in [-0.05, 0) is 233 Å². The van der Waals surface area contributed by atoms with Gasteiger partial charge in [0.05, 0.1) is 60.0 Å². The molecular formula is C114H167N15O4. The largest absolute Gasteiger partial charge is 0.472 e. The quantitative estimate of drug-likeness (QED) is 0.145. The van der Waals surface area contributed by atoms with Crippen molar-refractivity contribution in [1.82, 2.24) is 68.6 Å². The predicted molar refractivity (Wildman–Crippen MR) is 576 cm³/mol. The molecule has 1 aliphatic carbocycles. The van der Waals surface area contributed by atoms with Gasteiger partial charge in [0.15, 0.2) is 5.65 Å². The van der Waals surface area contributed by atoms with Gasteiger partial charge >= 0.3 is 0 Å². The van der Waals surface area contributed by atoms with Crippen molar-refractivity contribution in [2.24, 2.45) is 14.1 Å². The number of aromatic amines is 1. The van der Waals surface area contributed by atoms with Crippen LogP contribution in [0.25, 0.3) is 60.3 Å². The van der Waals surface area contributed by atoms with Crippen LogP contribution in [-0.4, -0.2) is 107 Å². The number of fused-ring (bicyclic) bond motifs is 9. The molecule has 2 N–H and O–H groups in total. The standard InChI is InChI=1S/C11H14.C10H11NO.3C10H9N.C9H10N2O.2C8H8N2.C6H6N4O.C5H11N.C5H6O.11C2H6/c1-9-6-7-10-4-2-3-5-11(10)8-9;1-7-2-4-9-8(6-7)3-5-10(12)11-9;1-8-4-5-10-9(7-8)3-2-6-11-10;1-8-6-9-4-2-3-5-10(9)7-11-8;1-8-6-7-9-4-2-3-5-10(9)11-8;1-8-4-7-10-5-2-3-6-11(10)9(8)12;1-10-6-9-7-4-2-3-5-8(7)10;1-7-6-9-8-4-2-3-5-10(7)8;1-10-3-7-5-4(6(10)11)2-8-9-5;1-6-4-2-3-5-6;1-5-2-3-6-4-5;11*1-2/h6-8H,2-5H2,1H3;2,4,6H,3,5H2,1H3,(H,11,12);3*2-7H,1H3;2-6H,7H2,1H3;2*2-6H,1H3;2-3H,1H3,(H,8,9);2-5H2,1H3;2-4H,1H3;11*1-2H3. The van der Waals surface area contributed by atoms with E-state index in [2.05, 4.69) is 161 Å². The number of para-hydroxylation sites is 3. The average Bonchev–Trinajstić information content (AvgIpc) is 1.82. The van der Waals surface area contributed by atoms with Crippen molar-refractivity contribution in [2.75, 3.05) is 32.0 Å². The number of furan rings is 1. The lowest BCUT2D eigenvalue weighted by Gasteiger charge is -2.35. The maximum atomic E-state index is 11.5. The summed E-state index contributed by atoms with van der Waals surface area (Å²) in [4.78, 5) is 61.2. The van der Waals surface area contributed by atoms with E-state index >= 15 is 0 Å². The van der Waals surface area contributed by atoms with Gasteiger partial charge in [0, 0.05) is 102 Å². The zero-order valence-electron chi connectivity index (χ0n) is 87.6. The molecule has 0 unspecified atom stereocenters. The molecule has 1 fully saturated rings. The molecule has 4 aliphatic heterocycles. The molecule has 20 rings (SSSR count). The highest BCUT2D eigenvalue weighted by atomic mass is 16.3. The Labute approximate surface area is 801 Å². The molecule has 0 radical (unpaired) electrons. The van der Waals surface area contributed by atoms with Crippen LogP contribution in [0, 0.1) is 48.5 Å². The number of likely N-dealkylation sites (tertiary alicyclic amines) is 1. The number of H-pyrrole nitrogens is 1. The van der Waals surface area contributed by atoms with Crippen LogP contribution in [0.3, 0.4) is 0 Å². The van der Waals surface area contributed by atoms with Crippen LogP contribution in [0.1, 0.15) is 247 Å². The first-order chi connectivity index (χ1) is 64.8. The minimum atomic E-state index is -0.0799. The molecule has 15 aromatic rings. The third-order valence-corrected chi connectivity index (χ3v) is 18.7.